The molecule has 3 rings (SSSR count). The highest BCUT2D eigenvalue weighted by atomic mass is 16.5. The molecule has 0 spiro atoms. The first-order valence-corrected chi connectivity index (χ1v) is 10.7. The summed E-state index contributed by atoms with van der Waals surface area (Å²) >= 11 is 0. The Hall–Kier alpha value is -2.42. The summed E-state index contributed by atoms with van der Waals surface area (Å²) < 4.78 is 7.29. The second-order valence-corrected chi connectivity index (χ2v) is 7.47. The predicted octanol–water partition coefficient (Wildman–Crippen LogP) is 1.70. The molecule has 0 aromatic carbocycles. The van der Waals surface area contributed by atoms with Crippen LogP contribution in [0.3, 0.4) is 0 Å². The van der Waals surface area contributed by atoms with Gasteiger partial charge in [0.1, 0.15) is 17.9 Å². The summed E-state index contributed by atoms with van der Waals surface area (Å²) in [4.78, 5) is 9.64. The maximum Gasteiger partial charge on any atom is 0.194 e. The average Bonchev–Trinajstić information content (AvgIpc) is 3.36. The van der Waals surface area contributed by atoms with Gasteiger partial charge in [0.15, 0.2) is 5.96 Å². The van der Waals surface area contributed by atoms with Crippen molar-refractivity contribution in [2.24, 2.45) is 4.99 Å². The number of piperazine rings is 1. The van der Waals surface area contributed by atoms with Gasteiger partial charge in [-0.25, -0.2) is 0 Å². The van der Waals surface area contributed by atoms with E-state index in [1.807, 2.05) is 13.0 Å². The van der Waals surface area contributed by atoms with Crippen LogP contribution in [-0.4, -0.2) is 74.9 Å². The van der Waals surface area contributed by atoms with Gasteiger partial charge in [0.05, 0.1) is 5.69 Å². The second kappa shape index (κ2) is 10.9. The van der Waals surface area contributed by atoms with E-state index < -0.39 is 0 Å². The molecular weight excluding hydrogens is 368 g/mol. The molecule has 0 radical (unpaired) electrons. The lowest BCUT2D eigenvalue weighted by atomic mass is 10.3. The van der Waals surface area contributed by atoms with Gasteiger partial charge in [-0.3, -0.25) is 9.89 Å². The smallest absolute Gasteiger partial charge is 0.194 e. The zero-order chi connectivity index (χ0) is 20.5. The molecule has 2 aromatic rings. The topological polar surface area (TPSA) is 87.6 Å². The molecule has 1 saturated heterocycles. The number of aliphatic imine (C=N–C) groups is 1. The first kappa shape index (κ1) is 21.3. The Morgan fingerprint density at radius 3 is 2.76 bits per heavy atom. The summed E-state index contributed by atoms with van der Waals surface area (Å²) in [5, 5.41) is 15.8. The molecule has 1 N–H and O–H groups in total. The molecule has 3 heterocycles. The predicted molar refractivity (Wildman–Crippen MR) is 113 cm³/mol. The lowest BCUT2D eigenvalue weighted by Crippen LogP contribution is -2.52. The minimum absolute atomic E-state index is 0.814. The zero-order valence-corrected chi connectivity index (χ0v) is 18.0. The molecule has 0 unspecified atom stereocenters. The van der Waals surface area contributed by atoms with Crippen molar-refractivity contribution in [3.8, 4) is 0 Å². The Labute approximate surface area is 173 Å². The van der Waals surface area contributed by atoms with Crippen molar-refractivity contribution in [3.63, 3.8) is 0 Å². The van der Waals surface area contributed by atoms with Crippen molar-refractivity contribution < 1.29 is 4.52 Å². The molecule has 9 heteroatoms. The van der Waals surface area contributed by atoms with Gasteiger partial charge < -0.3 is 19.3 Å². The Kier molecular flexibility index (Phi) is 8.03. The van der Waals surface area contributed by atoms with Gasteiger partial charge in [-0.05, 0) is 13.3 Å². The molecule has 0 atom stereocenters. The van der Waals surface area contributed by atoms with E-state index in [2.05, 4.69) is 48.9 Å². The zero-order valence-electron chi connectivity index (χ0n) is 18.0. The fourth-order valence-corrected chi connectivity index (χ4v) is 3.48. The van der Waals surface area contributed by atoms with Gasteiger partial charge in [-0.1, -0.05) is 25.4 Å². The van der Waals surface area contributed by atoms with Crippen LogP contribution in [0.2, 0.25) is 0 Å². The molecule has 0 bridgehead atoms. The van der Waals surface area contributed by atoms with E-state index in [1.54, 1.807) is 6.33 Å². The minimum atomic E-state index is 0.814. The molecule has 0 amide bonds. The molecule has 0 saturated carbocycles. The summed E-state index contributed by atoms with van der Waals surface area (Å²) in [7, 11) is 0. The summed E-state index contributed by atoms with van der Waals surface area (Å²) in [5.41, 5.74) is 1.01. The van der Waals surface area contributed by atoms with Crippen LogP contribution in [0.25, 0.3) is 0 Å². The molecule has 160 valence electrons. The van der Waals surface area contributed by atoms with Crippen LogP contribution in [0.4, 0.5) is 0 Å². The number of nitrogens with zero attached hydrogens (tertiary/aromatic N) is 7. The van der Waals surface area contributed by atoms with E-state index in [1.165, 1.54) is 0 Å². The highest BCUT2D eigenvalue weighted by Crippen LogP contribution is 2.09. The molecule has 1 fully saturated rings. The first-order chi connectivity index (χ1) is 14.2. The van der Waals surface area contributed by atoms with E-state index in [0.717, 1.165) is 94.9 Å². The number of rotatable bonds is 9. The van der Waals surface area contributed by atoms with Crippen LogP contribution >= 0.6 is 0 Å². The lowest BCUT2D eigenvalue weighted by Gasteiger charge is -2.36. The van der Waals surface area contributed by atoms with Crippen LogP contribution < -0.4 is 5.32 Å². The van der Waals surface area contributed by atoms with E-state index in [0.29, 0.717) is 0 Å². The number of nitrogens with one attached hydrogen (secondary N) is 1. The lowest BCUT2D eigenvalue weighted by molar-refractivity contribution is 0.168. The summed E-state index contributed by atoms with van der Waals surface area (Å²) in [6.07, 6.45) is 4.97. The molecule has 1 aliphatic rings. The molecule has 9 nitrogen and oxygen atoms in total. The van der Waals surface area contributed by atoms with Crippen molar-refractivity contribution in [2.45, 2.75) is 53.1 Å². The Balaban J connectivity index is 1.51. The second-order valence-electron chi connectivity index (χ2n) is 7.47. The van der Waals surface area contributed by atoms with Crippen LogP contribution in [0.5, 0.6) is 0 Å². The average molecular weight is 403 g/mol. The third kappa shape index (κ3) is 6.28. The first-order valence-electron chi connectivity index (χ1n) is 10.7. The monoisotopic (exact) mass is 402 g/mol. The maximum absolute atomic E-state index is 5.18. The third-order valence-corrected chi connectivity index (χ3v) is 5.16. The number of hydrogen-bond donors (Lipinski definition) is 1. The Morgan fingerprint density at radius 2 is 2.07 bits per heavy atom. The maximum atomic E-state index is 5.18. The molecule has 0 aliphatic carbocycles. The van der Waals surface area contributed by atoms with Crippen LogP contribution in [0, 0.1) is 6.92 Å². The van der Waals surface area contributed by atoms with Gasteiger partial charge >= 0.3 is 0 Å². The number of aromatic nitrogens is 4. The Bertz CT molecular complexity index is 760. The van der Waals surface area contributed by atoms with Gasteiger partial charge in [0.25, 0.3) is 0 Å². The largest absolute Gasteiger partial charge is 0.361 e. The number of guanidine groups is 1. The van der Waals surface area contributed by atoms with Crippen molar-refractivity contribution >= 4 is 5.96 Å². The van der Waals surface area contributed by atoms with Crippen LogP contribution in [0.15, 0.2) is 21.9 Å². The van der Waals surface area contributed by atoms with Crippen molar-refractivity contribution in [1.82, 2.24) is 35.0 Å². The van der Waals surface area contributed by atoms with E-state index in [-0.39, 0.29) is 0 Å². The van der Waals surface area contributed by atoms with Crippen LogP contribution in [0.1, 0.15) is 44.0 Å². The van der Waals surface area contributed by atoms with E-state index in [9.17, 15) is 0 Å². The number of unbranched alkanes of at least 4 members (excludes halogenated alkanes) is 1. The van der Waals surface area contributed by atoms with Gasteiger partial charge in [0.2, 0.25) is 0 Å². The quantitative estimate of drug-likeness (QED) is 0.388. The molecular formula is C20H34N8O. The third-order valence-electron chi connectivity index (χ3n) is 5.16. The summed E-state index contributed by atoms with van der Waals surface area (Å²) in [6, 6.07) is 2.01. The molecule has 1 aliphatic heterocycles. The SMILES string of the molecule is CCCCN=C(NCCn1cnnc1CC)N1CCN(Cc2cc(C)on2)CC1. The molecule has 2 aromatic heterocycles. The highest BCUT2D eigenvalue weighted by Gasteiger charge is 2.20. The van der Waals surface area contributed by atoms with Gasteiger partial charge in [-0.15, -0.1) is 10.2 Å². The highest BCUT2D eigenvalue weighted by molar-refractivity contribution is 5.80. The van der Waals surface area contributed by atoms with Crippen molar-refractivity contribution in [1.29, 1.82) is 0 Å². The van der Waals surface area contributed by atoms with E-state index in [4.69, 9.17) is 9.52 Å². The standard InChI is InChI=1S/C20H34N8O/c1-4-6-7-21-20(22-8-9-28-16-23-24-19(28)5-2)27-12-10-26(11-13-27)15-18-14-17(3)29-25-18/h14,16H,4-13,15H2,1-3H3,(H,21,22). The fourth-order valence-electron chi connectivity index (χ4n) is 3.48. The molecule has 29 heavy (non-hydrogen) atoms. The Morgan fingerprint density at radius 1 is 1.24 bits per heavy atom. The number of hydrogen-bond acceptors (Lipinski definition) is 6. The minimum Gasteiger partial charge on any atom is -0.361 e. The van der Waals surface area contributed by atoms with E-state index >= 15 is 0 Å². The van der Waals surface area contributed by atoms with Gasteiger partial charge in [-0.2, -0.15) is 0 Å². The van der Waals surface area contributed by atoms with Crippen LogP contribution in [-0.2, 0) is 19.5 Å². The van der Waals surface area contributed by atoms with Crippen molar-refractivity contribution in [3.05, 3.63) is 29.7 Å². The summed E-state index contributed by atoms with van der Waals surface area (Å²) in [6.45, 7) is 13.5. The van der Waals surface area contributed by atoms with Crippen molar-refractivity contribution in [2.75, 3.05) is 39.3 Å². The fraction of sp³-hybridized carbons (Fsp3) is 0.700. The number of aryl methyl sites for hydroxylation is 2. The summed E-state index contributed by atoms with van der Waals surface area (Å²) in [5.74, 6) is 2.90. The van der Waals surface area contributed by atoms with Gasteiger partial charge in [0, 0.05) is 64.8 Å². The normalized spacial score (nSPS) is 15.8.